The molecule has 0 aliphatic carbocycles. The van der Waals surface area contributed by atoms with Gasteiger partial charge in [-0.05, 0) is 42.5 Å². The Labute approximate surface area is 192 Å². The van der Waals surface area contributed by atoms with Crippen LogP contribution in [0.15, 0.2) is 52.9 Å². The third-order valence-electron chi connectivity index (χ3n) is 4.44. The van der Waals surface area contributed by atoms with E-state index in [2.05, 4.69) is 15.3 Å². The number of carbonyl (C=O) groups excluding carboxylic acids is 1. The van der Waals surface area contributed by atoms with Crippen molar-refractivity contribution < 1.29 is 9.53 Å². The van der Waals surface area contributed by atoms with Gasteiger partial charge >= 0.3 is 0 Å². The Kier molecular flexibility index (Phi) is 7.06. The minimum absolute atomic E-state index is 0.123. The Morgan fingerprint density at radius 2 is 2.00 bits per heavy atom. The highest BCUT2D eigenvalue weighted by molar-refractivity contribution is 8.01. The lowest BCUT2D eigenvalue weighted by molar-refractivity contribution is -0.113. The molecule has 2 aromatic carbocycles. The van der Waals surface area contributed by atoms with Gasteiger partial charge < -0.3 is 15.0 Å². The minimum Gasteiger partial charge on any atom is -0.378 e. The van der Waals surface area contributed by atoms with E-state index in [0.29, 0.717) is 27.9 Å². The molecule has 2 heterocycles. The van der Waals surface area contributed by atoms with E-state index in [1.807, 2.05) is 42.5 Å². The molecule has 1 N–H and O–H groups in total. The Hall–Kier alpha value is -1.91. The molecule has 156 valence electrons. The maximum Gasteiger partial charge on any atom is 0.234 e. The Morgan fingerprint density at radius 1 is 1.23 bits per heavy atom. The largest absolute Gasteiger partial charge is 0.378 e. The fourth-order valence-corrected chi connectivity index (χ4v) is 5.48. The summed E-state index contributed by atoms with van der Waals surface area (Å²) in [7, 11) is 0. The fraction of sp³-hybridized carbons (Fsp3) is 0.250. The lowest BCUT2D eigenvalue weighted by Crippen LogP contribution is -2.36. The van der Waals surface area contributed by atoms with Gasteiger partial charge in [-0.1, -0.05) is 52.9 Å². The molecular formula is C20H19ClN4O2S3. The predicted molar refractivity (Wildman–Crippen MR) is 126 cm³/mol. The van der Waals surface area contributed by atoms with Gasteiger partial charge in [-0.25, -0.2) is 4.68 Å². The lowest BCUT2D eigenvalue weighted by Gasteiger charge is -2.29. The molecule has 30 heavy (non-hydrogen) atoms. The van der Waals surface area contributed by atoms with Crippen LogP contribution in [0.5, 0.6) is 0 Å². The second-order valence-corrected chi connectivity index (χ2v) is 9.74. The molecule has 1 saturated heterocycles. The number of carbonyl (C=O) groups is 1. The monoisotopic (exact) mass is 478 g/mol. The number of rotatable bonds is 6. The number of aromatic nitrogens is 2. The highest BCUT2D eigenvalue weighted by Gasteiger charge is 2.15. The molecule has 1 aliphatic heterocycles. The number of ether oxygens (including phenoxy) is 1. The molecule has 0 radical (unpaired) electrons. The summed E-state index contributed by atoms with van der Waals surface area (Å²) >= 11 is 14.6. The van der Waals surface area contributed by atoms with Gasteiger partial charge in [0.2, 0.25) is 5.91 Å². The fourth-order valence-electron chi connectivity index (χ4n) is 3.02. The van der Waals surface area contributed by atoms with E-state index in [9.17, 15) is 4.79 Å². The molecule has 1 aliphatic rings. The zero-order valence-electron chi connectivity index (χ0n) is 15.9. The summed E-state index contributed by atoms with van der Waals surface area (Å²) in [4.78, 5) is 14.6. The maximum atomic E-state index is 12.4. The average molecular weight is 479 g/mol. The molecule has 0 unspecified atom stereocenters. The van der Waals surface area contributed by atoms with Crippen LogP contribution in [0.4, 0.5) is 11.4 Å². The molecule has 4 rings (SSSR count). The van der Waals surface area contributed by atoms with E-state index in [-0.39, 0.29) is 11.7 Å². The Morgan fingerprint density at radius 3 is 2.73 bits per heavy atom. The van der Waals surface area contributed by atoms with Crippen LogP contribution in [0.1, 0.15) is 0 Å². The molecule has 1 amide bonds. The topological polar surface area (TPSA) is 59.4 Å². The number of para-hydroxylation sites is 1. The van der Waals surface area contributed by atoms with Gasteiger partial charge in [0.25, 0.3) is 0 Å². The van der Waals surface area contributed by atoms with E-state index in [1.165, 1.54) is 23.1 Å². The van der Waals surface area contributed by atoms with E-state index in [1.54, 1.807) is 10.7 Å². The van der Waals surface area contributed by atoms with Crippen molar-refractivity contribution in [3.05, 3.63) is 57.5 Å². The van der Waals surface area contributed by atoms with Gasteiger partial charge in [-0.15, -0.1) is 5.10 Å². The van der Waals surface area contributed by atoms with Crippen LogP contribution in [0, 0.1) is 3.95 Å². The van der Waals surface area contributed by atoms with E-state index in [4.69, 9.17) is 28.6 Å². The summed E-state index contributed by atoms with van der Waals surface area (Å²) in [6.45, 7) is 3.01. The van der Waals surface area contributed by atoms with Gasteiger partial charge in [0, 0.05) is 18.8 Å². The normalized spacial score (nSPS) is 14.0. The first-order chi connectivity index (χ1) is 14.6. The van der Waals surface area contributed by atoms with Crippen LogP contribution >= 0.6 is 46.9 Å². The predicted octanol–water partition coefficient (Wildman–Crippen LogP) is 4.88. The third-order valence-corrected chi connectivity index (χ3v) is 7.11. The minimum atomic E-state index is -0.123. The highest BCUT2D eigenvalue weighted by Crippen LogP contribution is 2.30. The number of nitrogens with zero attached hydrogens (tertiary/aromatic N) is 3. The van der Waals surface area contributed by atoms with E-state index in [0.717, 1.165) is 28.8 Å². The van der Waals surface area contributed by atoms with Crippen LogP contribution in [0.25, 0.3) is 5.69 Å². The van der Waals surface area contributed by atoms with Crippen molar-refractivity contribution in [3.63, 3.8) is 0 Å². The molecule has 10 heteroatoms. The number of anilines is 2. The van der Waals surface area contributed by atoms with Crippen molar-refractivity contribution in [2.24, 2.45) is 0 Å². The van der Waals surface area contributed by atoms with Crippen LogP contribution in [-0.4, -0.2) is 47.7 Å². The summed E-state index contributed by atoms with van der Waals surface area (Å²) in [6, 6.07) is 15.3. The first-order valence-corrected chi connectivity index (χ1v) is 11.9. The van der Waals surface area contributed by atoms with E-state index < -0.39 is 0 Å². The van der Waals surface area contributed by atoms with Gasteiger partial charge in [0.05, 0.1) is 35.4 Å². The molecule has 3 aromatic rings. The van der Waals surface area contributed by atoms with Crippen LogP contribution in [0.2, 0.25) is 5.02 Å². The number of halogens is 1. The summed E-state index contributed by atoms with van der Waals surface area (Å²) < 4.78 is 8.49. The third kappa shape index (κ3) is 5.22. The van der Waals surface area contributed by atoms with Crippen molar-refractivity contribution in [2.45, 2.75) is 4.34 Å². The van der Waals surface area contributed by atoms with Crippen molar-refractivity contribution in [2.75, 3.05) is 42.3 Å². The molecule has 6 nitrogen and oxygen atoms in total. The van der Waals surface area contributed by atoms with Crippen LogP contribution in [-0.2, 0) is 9.53 Å². The lowest BCUT2D eigenvalue weighted by atomic mass is 10.2. The quantitative estimate of drug-likeness (QED) is 0.402. The first-order valence-electron chi connectivity index (χ1n) is 9.30. The second-order valence-electron chi connectivity index (χ2n) is 6.48. The Balaban J connectivity index is 1.35. The number of nitrogens with one attached hydrogen (secondary N) is 1. The van der Waals surface area contributed by atoms with Gasteiger partial charge in [0.1, 0.15) is 0 Å². The highest BCUT2D eigenvalue weighted by atomic mass is 35.5. The molecule has 0 bridgehead atoms. The summed E-state index contributed by atoms with van der Waals surface area (Å²) in [6.07, 6.45) is 0. The SMILES string of the molecule is O=C(CSc1nn(-c2ccccc2)c(=S)s1)Nc1ccc(N2CCOCC2)c(Cl)c1. The molecule has 0 atom stereocenters. The summed E-state index contributed by atoms with van der Waals surface area (Å²) in [5, 5.41) is 8.02. The molecule has 0 saturated carbocycles. The molecule has 1 aromatic heterocycles. The van der Waals surface area contributed by atoms with E-state index >= 15 is 0 Å². The van der Waals surface area contributed by atoms with Gasteiger partial charge in [-0.3, -0.25) is 4.79 Å². The van der Waals surface area contributed by atoms with Crippen LogP contribution in [0.3, 0.4) is 0 Å². The molecular weight excluding hydrogens is 460 g/mol. The first kappa shape index (κ1) is 21.3. The number of morpholine rings is 1. The van der Waals surface area contributed by atoms with Crippen molar-refractivity contribution in [3.8, 4) is 5.69 Å². The Bertz CT molecular complexity index is 1080. The molecule has 0 spiro atoms. The average Bonchev–Trinajstić information content (AvgIpc) is 3.14. The van der Waals surface area contributed by atoms with Gasteiger partial charge in [-0.2, -0.15) is 0 Å². The maximum absolute atomic E-state index is 12.4. The summed E-state index contributed by atoms with van der Waals surface area (Å²) in [5.74, 6) is 0.113. The number of hydrogen-bond donors (Lipinski definition) is 1. The zero-order chi connectivity index (χ0) is 20.9. The van der Waals surface area contributed by atoms with Crippen LogP contribution < -0.4 is 10.2 Å². The molecule has 1 fully saturated rings. The number of hydrogen-bond acceptors (Lipinski definition) is 7. The number of amides is 1. The number of benzene rings is 2. The van der Waals surface area contributed by atoms with Crippen molar-refractivity contribution in [1.29, 1.82) is 0 Å². The van der Waals surface area contributed by atoms with Gasteiger partial charge in [0.15, 0.2) is 8.29 Å². The zero-order valence-corrected chi connectivity index (χ0v) is 19.1. The second kappa shape index (κ2) is 9.93. The van der Waals surface area contributed by atoms with Crippen molar-refractivity contribution in [1.82, 2.24) is 9.78 Å². The summed E-state index contributed by atoms with van der Waals surface area (Å²) in [5.41, 5.74) is 2.54. The van der Waals surface area contributed by atoms with Crippen molar-refractivity contribution >= 4 is 64.2 Å². The standard InChI is InChI=1S/C20H19ClN4O2S3/c21-16-12-14(6-7-17(16)24-8-10-27-11-9-24)22-18(26)13-29-19-23-25(20(28)30-19)15-4-2-1-3-5-15/h1-7,12H,8-11,13H2,(H,22,26). The number of thioether (sulfide) groups is 1. The smallest absolute Gasteiger partial charge is 0.234 e.